The molecule has 24 heavy (non-hydrogen) atoms. The summed E-state index contributed by atoms with van der Waals surface area (Å²) in [6, 6.07) is 2.44. The molecule has 3 unspecified atom stereocenters. The third-order valence-electron chi connectivity index (χ3n) is 5.61. The Hall–Kier alpha value is -2.15. The van der Waals surface area contributed by atoms with Crippen LogP contribution in [0.5, 0.6) is 0 Å². The first kappa shape index (κ1) is 15.4. The highest BCUT2D eigenvalue weighted by Crippen LogP contribution is 2.41. The Morgan fingerprint density at radius 3 is 2.75 bits per heavy atom. The number of fused-ring (bicyclic) bond motifs is 2. The van der Waals surface area contributed by atoms with E-state index >= 15 is 0 Å². The van der Waals surface area contributed by atoms with E-state index in [1.54, 1.807) is 13.3 Å². The highest BCUT2D eigenvalue weighted by Gasteiger charge is 2.44. The molecule has 0 bridgehead atoms. The van der Waals surface area contributed by atoms with Crippen LogP contribution in [-0.2, 0) is 4.79 Å². The number of carbonyl (C=O) groups is 1. The maximum Gasteiger partial charge on any atom is 0.251 e. The summed E-state index contributed by atoms with van der Waals surface area (Å²) in [5.74, 6) is 1.86. The molecule has 2 aromatic rings. The number of likely N-dealkylation sites (tertiary alicyclic amines) is 1. The van der Waals surface area contributed by atoms with Crippen LogP contribution in [0.1, 0.15) is 19.8 Å². The van der Waals surface area contributed by atoms with Crippen molar-refractivity contribution in [1.29, 1.82) is 0 Å². The van der Waals surface area contributed by atoms with Crippen molar-refractivity contribution in [2.24, 2.45) is 11.8 Å². The number of nitrogens with zero attached hydrogens (tertiary/aromatic N) is 4. The third kappa shape index (κ3) is 2.43. The van der Waals surface area contributed by atoms with E-state index < -0.39 is 6.10 Å². The summed E-state index contributed by atoms with van der Waals surface area (Å²) in [7, 11) is 2.10. The van der Waals surface area contributed by atoms with Gasteiger partial charge in [0.25, 0.3) is 5.91 Å². The number of aromatic nitrogens is 3. The van der Waals surface area contributed by atoms with Crippen molar-refractivity contribution in [2.75, 3.05) is 25.0 Å². The first-order valence-electron chi connectivity index (χ1n) is 8.52. The van der Waals surface area contributed by atoms with E-state index in [0.717, 1.165) is 42.8 Å². The molecule has 2 aliphatic rings. The number of hydrogen-bond acceptors (Lipinski definition) is 5. The van der Waals surface area contributed by atoms with E-state index in [0.29, 0.717) is 17.9 Å². The summed E-state index contributed by atoms with van der Waals surface area (Å²) in [5, 5.41) is 10.5. The molecule has 1 amide bonds. The zero-order valence-electron chi connectivity index (χ0n) is 14.0. The van der Waals surface area contributed by atoms with Gasteiger partial charge in [0.15, 0.2) is 0 Å². The molecule has 7 nitrogen and oxygen atoms in total. The van der Waals surface area contributed by atoms with Gasteiger partial charge < -0.3 is 19.9 Å². The Kier molecular flexibility index (Phi) is 3.68. The summed E-state index contributed by atoms with van der Waals surface area (Å²) in [6.07, 6.45) is 4.70. The fourth-order valence-corrected chi connectivity index (χ4v) is 4.34. The second-order valence-electron chi connectivity index (χ2n) is 7.11. The van der Waals surface area contributed by atoms with Crippen LogP contribution in [0, 0.1) is 11.8 Å². The number of aliphatic hydroxyl groups is 1. The number of nitrogens with one attached hydrogen (secondary N) is 1. The quantitative estimate of drug-likeness (QED) is 0.878. The maximum absolute atomic E-state index is 12.0. The Labute approximate surface area is 140 Å². The van der Waals surface area contributed by atoms with E-state index in [9.17, 15) is 9.90 Å². The van der Waals surface area contributed by atoms with Crippen LogP contribution >= 0.6 is 0 Å². The number of anilines is 1. The van der Waals surface area contributed by atoms with Gasteiger partial charge in [-0.3, -0.25) is 4.79 Å². The lowest BCUT2D eigenvalue weighted by Gasteiger charge is -2.28. The van der Waals surface area contributed by atoms with Gasteiger partial charge in [-0.2, -0.15) is 0 Å². The smallest absolute Gasteiger partial charge is 0.251 e. The Morgan fingerprint density at radius 2 is 2.08 bits per heavy atom. The maximum atomic E-state index is 12.0. The second-order valence-corrected chi connectivity index (χ2v) is 7.11. The fourth-order valence-electron chi connectivity index (χ4n) is 4.34. The van der Waals surface area contributed by atoms with Crippen LogP contribution in [0.15, 0.2) is 18.6 Å². The van der Waals surface area contributed by atoms with E-state index in [1.165, 1.54) is 0 Å². The van der Waals surface area contributed by atoms with Gasteiger partial charge in [0.2, 0.25) is 0 Å². The van der Waals surface area contributed by atoms with E-state index in [1.807, 2.05) is 17.2 Å². The average molecular weight is 329 g/mol. The van der Waals surface area contributed by atoms with Gasteiger partial charge in [-0.25, -0.2) is 9.97 Å². The van der Waals surface area contributed by atoms with Crippen molar-refractivity contribution in [2.45, 2.75) is 31.9 Å². The van der Waals surface area contributed by atoms with E-state index in [4.69, 9.17) is 0 Å². The molecule has 128 valence electrons. The Bertz CT molecular complexity index is 744. The molecule has 1 saturated carbocycles. The summed E-state index contributed by atoms with van der Waals surface area (Å²) < 4.78 is 0. The predicted molar refractivity (Wildman–Crippen MR) is 90.6 cm³/mol. The monoisotopic (exact) mass is 329 g/mol. The summed E-state index contributed by atoms with van der Waals surface area (Å²) in [5.41, 5.74) is 0.860. The third-order valence-corrected chi connectivity index (χ3v) is 5.61. The van der Waals surface area contributed by atoms with Crippen molar-refractivity contribution >= 4 is 22.8 Å². The molecule has 0 radical (unpaired) electrons. The van der Waals surface area contributed by atoms with Gasteiger partial charge >= 0.3 is 0 Å². The number of aromatic amines is 1. The number of aliphatic hydroxyl groups excluding tert-OH is 1. The molecule has 0 aromatic carbocycles. The van der Waals surface area contributed by atoms with Gasteiger partial charge in [0.1, 0.15) is 23.9 Å². The van der Waals surface area contributed by atoms with E-state index in [2.05, 4.69) is 26.9 Å². The lowest BCUT2D eigenvalue weighted by atomic mass is 10.0. The zero-order valence-corrected chi connectivity index (χ0v) is 14.0. The molecule has 1 aliphatic carbocycles. The van der Waals surface area contributed by atoms with Crippen molar-refractivity contribution in [3.8, 4) is 0 Å². The number of H-pyrrole nitrogens is 1. The summed E-state index contributed by atoms with van der Waals surface area (Å²) in [6.45, 7) is 3.08. The van der Waals surface area contributed by atoms with Crippen LogP contribution in [-0.4, -0.2) is 63.1 Å². The molecule has 1 saturated heterocycles. The molecule has 3 heterocycles. The van der Waals surface area contributed by atoms with Gasteiger partial charge in [-0.05, 0) is 37.7 Å². The normalized spacial score (nSPS) is 27.5. The molecule has 2 aromatic heterocycles. The SMILES string of the molecule is CC(O)C(=O)N1CC2CC(N(C)c3ncnc4[nH]ccc34)CC2C1. The lowest BCUT2D eigenvalue weighted by molar-refractivity contribution is -0.138. The minimum atomic E-state index is -0.898. The van der Waals surface area contributed by atoms with Crippen LogP contribution < -0.4 is 4.90 Å². The van der Waals surface area contributed by atoms with Gasteiger partial charge in [-0.15, -0.1) is 0 Å². The lowest BCUT2D eigenvalue weighted by Crippen LogP contribution is -2.38. The standard InChI is InChI=1S/C17H23N5O2/c1-10(23)17(24)22-7-11-5-13(6-12(11)8-22)21(2)16-14-3-4-18-15(14)19-9-20-16/h3-4,9-13,23H,5-8H2,1-2H3,(H,18,19,20). The highest BCUT2D eigenvalue weighted by molar-refractivity contribution is 5.87. The molecule has 0 spiro atoms. The number of amides is 1. The molecular formula is C17H23N5O2. The summed E-state index contributed by atoms with van der Waals surface area (Å²) >= 11 is 0. The zero-order chi connectivity index (χ0) is 16.8. The van der Waals surface area contributed by atoms with Gasteiger partial charge in [-0.1, -0.05) is 0 Å². The Morgan fingerprint density at radius 1 is 1.38 bits per heavy atom. The van der Waals surface area contributed by atoms with Crippen LogP contribution in [0.4, 0.5) is 5.82 Å². The van der Waals surface area contributed by atoms with Gasteiger partial charge in [0.05, 0.1) is 5.39 Å². The predicted octanol–water partition coefficient (Wildman–Crippen LogP) is 1.01. The van der Waals surface area contributed by atoms with Crippen molar-refractivity contribution < 1.29 is 9.90 Å². The van der Waals surface area contributed by atoms with Gasteiger partial charge in [0, 0.05) is 32.4 Å². The van der Waals surface area contributed by atoms with Crippen LogP contribution in [0.25, 0.3) is 11.0 Å². The molecule has 3 atom stereocenters. The average Bonchev–Trinajstić information content (AvgIpc) is 3.26. The molecule has 7 heteroatoms. The molecule has 2 N–H and O–H groups in total. The van der Waals surface area contributed by atoms with Crippen LogP contribution in [0.3, 0.4) is 0 Å². The Balaban J connectivity index is 1.47. The van der Waals surface area contributed by atoms with Crippen molar-refractivity contribution in [1.82, 2.24) is 19.9 Å². The molecular weight excluding hydrogens is 306 g/mol. The second kappa shape index (κ2) is 5.73. The minimum absolute atomic E-state index is 0.140. The van der Waals surface area contributed by atoms with Crippen molar-refractivity contribution in [3.05, 3.63) is 18.6 Å². The molecule has 4 rings (SSSR count). The van der Waals surface area contributed by atoms with Crippen molar-refractivity contribution in [3.63, 3.8) is 0 Å². The topological polar surface area (TPSA) is 85.3 Å². The fraction of sp³-hybridized carbons (Fsp3) is 0.588. The first-order valence-corrected chi connectivity index (χ1v) is 8.52. The van der Waals surface area contributed by atoms with Crippen LogP contribution in [0.2, 0.25) is 0 Å². The number of hydrogen-bond donors (Lipinski definition) is 2. The highest BCUT2D eigenvalue weighted by atomic mass is 16.3. The van der Waals surface area contributed by atoms with E-state index in [-0.39, 0.29) is 5.91 Å². The first-order chi connectivity index (χ1) is 11.5. The number of rotatable bonds is 3. The largest absolute Gasteiger partial charge is 0.384 e. The minimum Gasteiger partial charge on any atom is -0.384 e. The number of carbonyl (C=O) groups excluding carboxylic acids is 1. The summed E-state index contributed by atoms with van der Waals surface area (Å²) in [4.78, 5) is 27.9. The molecule has 2 fully saturated rings. The molecule has 1 aliphatic heterocycles.